The fourth-order valence-electron chi connectivity index (χ4n) is 2.73. The summed E-state index contributed by atoms with van der Waals surface area (Å²) >= 11 is 0. The quantitative estimate of drug-likeness (QED) is 0.862. The molecule has 1 fully saturated rings. The first-order chi connectivity index (χ1) is 11.6. The van der Waals surface area contributed by atoms with E-state index in [2.05, 4.69) is 4.72 Å². The number of benzene rings is 1. The molecular weight excluding hydrogens is 347 g/mol. The van der Waals surface area contributed by atoms with Crippen molar-refractivity contribution in [3.8, 4) is 0 Å². The number of rotatable bonds is 5. The Hall–Kier alpha value is -1.67. The van der Waals surface area contributed by atoms with Gasteiger partial charge in [-0.05, 0) is 51.3 Å². The molecule has 0 spiro atoms. The molecule has 140 valence electrons. The van der Waals surface area contributed by atoms with Gasteiger partial charge in [-0.15, -0.1) is 0 Å². The Kier molecular flexibility index (Phi) is 6.05. The molecule has 0 bridgehead atoms. The van der Waals surface area contributed by atoms with Crippen LogP contribution in [-0.4, -0.2) is 44.1 Å². The van der Waals surface area contributed by atoms with Crippen LogP contribution in [0.3, 0.4) is 0 Å². The fourth-order valence-corrected chi connectivity index (χ4v) is 3.90. The van der Waals surface area contributed by atoms with E-state index in [4.69, 9.17) is 4.74 Å². The van der Waals surface area contributed by atoms with Crippen LogP contribution in [0.2, 0.25) is 0 Å². The largest absolute Gasteiger partial charge is 0.444 e. The third kappa shape index (κ3) is 6.28. The lowest BCUT2D eigenvalue weighted by Gasteiger charge is -2.28. The first-order valence-electron chi connectivity index (χ1n) is 8.27. The highest BCUT2D eigenvalue weighted by atomic mass is 32.2. The van der Waals surface area contributed by atoms with E-state index >= 15 is 0 Å². The van der Waals surface area contributed by atoms with Crippen molar-refractivity contribution in [3.05, 3.63) is 35.6 Å². The Morgan fingerprint density at radius 1 is 1.40 bits per heavy atom. The van der Waals surface area contributed by atoms with E-state index in [0.717, 1.165) is 6.42 Å². The van der Waals surface area contributed by atoms with Gasteiger partial charge in [0.2, 0.25) is 10.0 Å². The predicted molar refractivity (Wildman–Crippen MR) is 93.0 cm³/mol. The van der Waals surface area contributed by atoms with Crippen LogP contribution in [0.4, 0.5) is 9.18 Å². The second kappa shape index (κ2) is 7.70. The Morgan fingerprint density at radius 3 is 2.76 bits per heavy atom. The maximum Gasteiger partial charge on any atom is 0.410 e. The van der Waals surface area contributed by atoms with Gasteiger partial charge >= 0.3 is 6.09 Å². The minimum Gasteiger partial charge on any atom is -0.444 e. The van der Waals surface area contributed by atoms with Gasteiger partial charge in [-0.1, -0.05) is 12.1 Å². The summed E-state index contributed by atoms with van der Waals surface area (Å²) in [5, 5.41) is 0. The molecular formula is C17H25FN2O4S. The lowest BCUT2D eigenvalue weighted by molar-refractivity contribution is 0.0229. The van der Waals surface area contributed by atoms with Gasteiger partial charge in [-0.2, -0.15) is 0 Å². The smallest absolute Gasteiger partial charge is 0.410 e. The van der Waals surface area contributed by atoms with Crippen LogP contribution in [0, 0.1) is 5.82 Å². The Morgan fingerprint density at radius 2 is 2.12 bits per heavy atom. The van der Waals surface area contributed by atoms with Gasteiger partial charge in [0.25, 0.3) is 0 Å². The lowest BCUT2D eigenvalue weighted by Crippen LogP contribution is -2.45. The van der Waals surface area contributed by atoms with Gasteiger partial charge in [0.05, 0.1) is 5.75 Å². The highest BCUT2D eigenvalue weighted by Crippen LogP contribution is 2.20. The van der Waals surface area contributed by atoms with E-state index in [0.29, 0.717) is 18.5 Å². The zero-order valence-electron chi connectivity index (χ0n) is 14.8. The van der Waals surface area contributed by atoms with Crippen molar-refractivity contribution in [1.82, 2.24) is 9.62 Å². The molecule has 1 heterocycles. The molecule has 1 amide bonds. The molecule has 0 radical (unpaired) electrons. The molecule has 1 aliphatic heterocycles. The second-order valence-electron chi connectivity index (χ2n) is 7.21. The topological polar surface area (TPSA) is 75.7 Å². The van der Waals surface area contributed by atoms with Crippen molar-refractivity contribution in [1.29, 1.82) is 0 Å². The molecule has 8 heteroatoms. The molecule has 0 aromatic heterocycles. The molecule has 1 aromatic rings. The fraction of sp³-hybridized carbons (Fsp3) is 0.588. The number of likely N-dealkylation sites (tertiary alicyclic amines) is 1. The summed E-state index contributed by atoms with van der Waals surface area (Å²) in [6, 6.07) is 5.26. The van der Waals surface area contributed by atoms with Gasteiger partial charge in [0, 0.05) is 19.1 Å². The van der Waals surface area contributed by atoms with Crippen LogP contribution in [0.25, 0.3) is 0 Å². The summed E-state index contributed by atoms with van der Waals surface area (Å²) in [5.41, 5.74) is -0.218. The zero-order chi connectivity index (χ0) is 18.7. The standard InChI is InChI=1S/C17H25FN2O4S/c1-17(2,3)24-16(21)20-9-5-8-15(20)11-19-25(22,23)12-13-6-4-7-14(18)10-13/h4,6-7,10,15,19H,5,8-9,11-12H2,1-3H3/t15-/m0/s1. The first kappa shape index (κ1) is 19.7. The number of nitrogens with one attached hydrogen (secondary N) is 1. The Bertz CT molecular complexity index is 716. The van der Waals surface area contributed by atoms with Gasteiger partial charge in [0.15, 0.2) is 0 Å². The second-order valence-corrected chi connectivity index (χ2v) is 9.01. The van der Waals surface area contributed by atoms with Crippen molar-refractivity contribution in [2.75, 3.05) is 13.1 Å². The maximum atomic E-state index is 13.2. The molecule has 2 rings (SSSR count). The predicted octanol–water partition coefficient (Wildman–Crippen LogP) is 2.64. The zero-order valence-corrected chi connectivity index (χ0v) is 15.6. The maximum absolute atomic E-state index is 13.2. The number of halogens is 1. The summed E-state index contributed by atoms with van der Waals surface area (Å²) in [5.74, 6) is -0.774. The van der Waals surface area contributed by atoms with Crippen LogP contribution in [0.5, 0.6) is 0 Å². The Balaban J connectivity index is 1.93. The lowest BCUT2D eigenvalue weighted by atomic mass is 10.2. The molecule has 25 heavy (non-hydrogen) atoms. The number of amides is 1. The molecule has 0 saturated carbocycles. The summed E-state index contributed by atoms with van der Waals surface area (Å²) < 4.78 is 45.5. The molecule has 1 N–H and O–H groups in total. The minimum atomic E-state index is -3.62. The van der Waals surface area contributed by atoms with E-state index < -0.39 is 27.5 Å². The highest BCUT2D eigenvalue weighted by Gasteiger charge is 2.32. The van der Waals surface area contributed by atoms with Crippen LogP contribution in [0.1, 0.15) is 39.2 Å². The monoisotopic (exact) mass is 372 g/mol. The highest BCUT2D eigenvalue weighted by molar-refractivity contribution is 7.88. The van der Waals surface area contributed by atoms with Crippen molar-refractivity contribution >= 4 is 16.1 Å². The molecule has 6 nitrogen and oxygen atoms in total. The number of hydrogen-bond acceptors (Lipinski definition) is 4. The number of carbonyl (C=O) groups excluding carboxylic acids is 1. The number of ether oxygens (including phenoxy) is 1. The van der Waals surface area contributed by atoms with Gasteiger partial charge in [0.1, 0.15) is 11.4 Å². The average molecular weight is 372 g/mol. The summed E-state index contributed by atoms with van der Waals surface area (Å²) in [4.78, 5) is 13.8. The molecule has 1 aliphatic rings. The number of hydrogen-bond donors (Lipinski definition) is 1. The number of sulfonamides is 1. The van der Waals surface area contributed by atoms with Crippen LogP contribution < -0.4 is 4.72 Å². The van der Waals surface area contributed by atoms with E-state index in [9.17, 15) is 17.6 Å². The van der Waals surface area contributed by atoms with E-state index in [1.54, 1.807) is 31.7 Å². The van der Waals surface area contributed by atoms with Crippen molar-refractivity contribution in [2.45, 2.75) is 51.0 Å². The average Bonchev–Trinajstić information content (AvgIpc) is 2.91. The third-order valence-electron chi connectivity index (χ3n) is 3.79. The normalized spacial score (nSPS) is 18.4. The van der Waals surface area contributed by atoms with E-state index in [1.807, 2.05) is 0 Å². The van der Waals surface area contributed by atoms with Crippen LogP contribution in [0.15, 0.2) is 24.3 Å². The van der Waals surface area contributed by atoms with Crippen LogP contribution >= 0.6 is 0 Å². The van der Waals surface area contributed by atoms with E-state index in [-0.39, 0.29) is 18.3 Å². The molecule has 0 aliphatic carbocycles. The molecule has 1 saturated heterocycles. The summed E-state index contributed by atoms with van der Waals surface area (Å²) in [6.45, 7) is 6.04. The van der Waals surface area contributed by atoms with Crippen LogP contribution in [-0.2, 0) is 20.5 Å². The third-order valence-corrected chi connectivity index (χ3v) is 5.11. The molecule has 1 atom stereocenters. The Labute approximate surface area is 148 Å². The van der Waals surface area contributed by atoms with Crippen molar-refractivity contribution in [2.24, 2.45) is 0 Å². The van der Waals surface area contributed by atoms with Gasteiger partial charge in [-0.25, -0.2) is 22.3 Å². The number of nitrogens with zero attached hydrogens (tertiary/aromatic N) is 1. The van der Waals surface area contributed by atoms with Gasteiger partial charge in [-0.3, -0.25) is 0 Å². The van der Waals surface area contributed by atoms with Gasteiger partial charge < -0.3 is 9.64 Å². The first-order valence-corrected chi connectivity index (χ1v) is 9.92. The SMILES string of the molecule is CC(C)(C)OC(=O)N1CCC[C@H]1CNS(=O)(=O)Cc1cccc(F)c1. The minimum absolute atomic E-state index is 0.122. The van der Waals surface area contributed by atoms with E-state index in [1.165, 1.54) is 18.2 Å². The summed E-state index contributed by atoms with van der Waals surface area (Å²) in [6.07, 6.45) is 1.08. The molecule has 1 aromatic carbocycles. The molecule has 0 unspecified atom stereocenters. The van der Waals surface area contributed by atoms with Crippen molar-refractivity contribution in [3.63, 3.8) is 0 Å². The summed E-state index contributed by atoms with van der Waals surface area (Å²) in [7, 11) is -3.62. The van der Waals surface area contributed by atoms with Crippen molar-refractivity contribution < 1.29 is 22.3 Å². The number of carbonyl (C=O) groups is 1.